The summed E-state index contributed by atoms with van der Waals surface area (Å²) in [5.41, 5.74) is 6.96. The van der Waals surface area contributed by atoms with Gasteiger partial charge in [-0.1, -0.05) is 31.0 Å². The van der Waals surface area contributed by atoms with E-state index in [2.05, 4.69) is 24.2 Å². The number of hydrogen-bond acceptors (Lipinski definition) is 2. The lowest BCUT2D eigenvalue weighted by atomic mass is 10.2. The second kappa shape index (κ2) is 11.8. The Morgan fingerprint density at radius 3 is 2.60 bits per heavy atom. The van der Waals surface area contributed by atoms with Crippen LogP contribution >= 0.6 is 24.0 Å². The number of aliphatic imine (C=N–C) groups is 1. The normalized spacial score (nSPS) is 10.8. The fraction of sp³-hybridized carbons (Fsp3) is 0.533. The summed E-state index contributed by atoms with van der Waals surface area (Å²) in [5.74, 6) is 1.44. The minimum atomic E-state index is 0. The van der Waals surface area contributed by atoms with Gasteiger partial charge < -0.3 is 15.8 Å². The Balaban J connectivity index is 0.00000361. The van der Waals surface area contributed by atoms with E-state index in [4.69, 9.17) is 10.5 Å². The lowest BCUT2D eigenvalue weighted by Gasteiger charge is -2.06. The lowest BCUT2D eigenvalue weighted by molar-refractivity contribution is 0.313. The van der Waals surface area contributed by atoms with Gasteiger partial charge in [-0.15, -0.1) is 24.0 Å². The number of benzene rings is 1. The molecule has 0 amide bonds. The van der Waals surface area contributed by atoms with Crippen molar-refractivity contribution in [3.05, 3.63) is 29.8 Å². The molecule has 0 spiro atoms. The Morgan fingerprint density at radius 1 is 1.25 bits per heavy atom. The van der Waals surface area contributed by atoms with Crippen LogP contribution in [0, 0.1) is 6.92 Å². The molecule has 0 unspecified atom stereocenters. The molecule has 114 valence electrons. The van der Waals surface area contributed by atoms with Gasteiger partial charge >= 0.3 is 0 Å². The fourth-order valence-corrected chi connectivity index (χ4v) is 1.54. The van der Waals surface area contributed by atoms with Crippen LogP contribution in [0.25, 0.3) is 0 Å². The summed E-state index contributed by atoms with van der Waals surface area (Å²) in [4.78, 5) is 4.24. The highest BCUT2D eigenvalue weighted by molar-refractivity contribution is 14.0. The van der Waals surface area contributed by atoms with Gasteiger partial charge in [0.05, 0.1) is 6.61 Å². The average Bonchev–Trinajstić information content (AvgIpc) is 2.41. The first-order valence-corrected chi connectivity index (χ1v) is 6.95. The number of rotatable bonds is 8. The minimum Gasteiger partial charge on any atom is -0.494 e. The Kier molecular flexibility index (Phi) is 11.2. The Labute approximate surface area is 139 Å². The molecule has 4 nitrogen and oxygen atoms in total. The smallest absolute Gasteiger partial charge is 0.188 e. The van der Waals surface area contributed by atoms with Gasteiger partial charge in [0.25, 0.3) is 0 Å². The van der Waals surface area contributed by atoms with Gasteiger partial charge in [-0.3, -0.25) is 4.99 Å². The maximum absolute atomic E-state index is 5.72. The van der Waals surface area contributed by atoms with Crippen molar-refractivity contribution in [2.45, 2.75) is 33.1 Å². The minimum absolute atomic E-state index is 0. The highest BCUT2D eigenvalue weighted by atomic mass is 127. The number of nitrogens with two attached hydrogens (primary N) is 1. The van der Waals surface area contributed by atoms with Crippen molar-refractivity contribution in [1.29, 1.82) is 0 Å². The zero-order valence-electron chi connectivity index (χ0n) is 12.4. The van der Waals surface area contributed by atoms with Gasteiger partial charge in [0.15, 0.2) is 5.96 Å². The zero-order valence-corrected chi connectivity index (χ0v) is 14.7. The van der Waals surface area contributed by atoms with E-state index < -0.39 is 0 Å². The Bertz CT molecular complexity index is 379. The van der Waals surface area contributed by atoms with E-state index in [1.54, 1.807) is 0 Å². The summed E-state index contributed by atoms with van der Waals surface area (Å²) in [7, 11) is 0. The molecule has 3 N–H and O–H groups in total. The standard InChI is InChI=1S/C15H25N3O.HI/c1-3-4-10-17-15(16)18-11-5-12-19-14-8-6-13(2)7-9-14;/h6-9H,3-5,10-12H2,1-2H3,(H3,16,17,18);1H. The number of guanidine groups is 1. The molecule has 0 aliphatic rings. The van der Waals surface area contributed by atoms with Gasteiger partial charge in [-0.2, -0.15) is 0 Å². The molecule has 0 heterocycles. The quantitative estimate of drug-likeness (QED) is 0.310. The first-order chi connectivity index (χ1) is 9.22. The van der Waals surface area contributed by atoms with E-state index in [1.807, 2.05) is 24.3 Å². The van der Waals surface area contributed by atoms with Crippen molar-refractivity contribution >= 4 is 29.9 Å². The molecule has 0 fully saturated rings. The molecule has 1 aromatic rings. The molecule has 0 saturated heterocycles. The van der Waals surface area contributed by atoms with E-state index in [-0.39, 0.29) is 24.0 Å². The van der Waals surface area contributed by atoms with E-state index in [0.717, 1.165) is 31.6 Å². The number of nitrogens with one attached hydrogen (secondary N) is 1. The van der Waals surface area contributed by atoms with Crippen molar-refractivity contribution < 1.29 is 4.74 Å². The highest BCUT2D eigenvalue weighted by Crippen LogP contribution is 2.11. The van der Waals surface area contributed by atoms with E-state index in [9.17, 15) is 0 Å². The summed E-state index contributed by atoms with van der Waals surface area (Å²) in [5, 5.41) is 3.09. The third-order valence-corrected chi connectivity index (χ3v) is 2.71. The average molecular weight is 391 g/mol. The molecule has 20 heavy (non-hydrogen) atoms. The van der Waals surface area contributed by atoms with Gasteiger partial charge in [-0.05, 0) is 25.5 Å². The first-order valence-electron chi connectivity index (χ1n) is 6.95. The molecule has 1 rings (SSSR count). The van der Waals surface area contributed by atoms with Gasteiger partial charge in [0, 0.05) is 19.5 Å². The van der Waals surface area contributed by atoms with Crippen LogP contribution in [-0.4, -0.2) is 25.7 Å². The first kappa shape index (κ1) is 19.0. The Morgan fingerprint density at radius 2 is 1.95 bits per heavy atom. The fourth-order valence-electron chi connectivity index (χ4n) is 1.54. The number of unbranched alkanes of at least 4 members (excludes halogenated alkanes) is 1. The van der Waals surface area contributed by atoms with Crippen molar-refractivity contribution in [2.24, 2.45) is 10.7 Å². The van der Waals surface area contributed by atoms with Crippen LogP contribution < -0.4 is 15.8 Å². The molecule has 0 aliphatic carbocycles. The monoisotopic (exact) mass is 391 g/mol. The van der Waals surface area contributed by atoms with Crippen LogP contribution in [0.2, 0.25) is 0 Å². The molecule has 5 heteroatoms. The zero-order chi connectivity index (χ0) is 13.9. The number of halogens is 1. The van der Waals surface area contributed by atoms with Crippen molar-refractivity contribution in [2.75, 3.05) is 19.7 Å². The van der Waals surface area contributed by atoms with E-state index in [1.165, 1.54) is 5.56 Å². The van der Waals surface area contributed by atoms with Crippen LogP contribution in [0.1, 0.15) is 31.7 Å². The van der Waals surface area contributed by atoms with Crippen molar-refractivity contribution in [1.82, 2.24) is 5.32 Å². The molecule has 0 radical (unpaired) electrons. The van der Waals surface area contributed by atoms with Crippen molar-refractivity contribution in [3.8, 4) is 5.75 Å². The molecule has 1 aromatic carbocycles. The topological polar surface area (TPSA) is 59.6 Å². The van der Waals surface area contributed by atoms with Crippen LogP contribution in [0.3, 0.4) is 0 Å². The predicted octanol–water partition coefficient (Wildman–Crippen LogP) is 3.09. The second-order valence-corrected chi connectivity index (χ2v) is 4.56. The second-order valence-electron chi connectivity index (χ2n) is 4.56. The van der Waals surface area contributed by atoms with E-state index in [0.29, 0.717) is 19.1 Å². The highest BCUT2D eigenvalue weighted by Gasteiger charge is 1.94. The summed E-state index contributed by atoms with van der Waals surface area (Å²) >= 11 is 0. The molecular weight excluding hydrogens is 365 g/mol. The summed E-state index contributed by atoms with van der Waals surface area (Å²) in [6, 6.07) is 8.06. The number of aryl methyl sites for hydroxylation is 1. The SMILES string of the molecule is CCCCNC(N)=NCCCOc1ccc(C)cc1.I. The predicted molar refractivity (Wildman–Crippen MR) is 96.1 cm³/mol. The molecular formula is C15H26IN3O. The van der Waals surface area contributed by atoms with E-state index >= 15 is 0 Å². The summed E-state index contributed by atoms with van der Waals surface area (Å²) in [6.07, 6.45) is 3.14. The van der Waals surface area contributed by atoms with Gasteiger partial charge in [0.1, 0.15) is 5.75 Å². The molecule has 0 atom stereocenters. The third kappa shape index (κ3) is 9.01. The number of nitrogens with zero attached hydrogens (tertiary/aromatic N) is 1. The molecule has 0 bridgehead atoms. The van der Waals surface area contributed by atoms with Crippen LogP contribution in [0.4, 0.5) is 0 Å². The maximum Gasteiger partial charge on any atom is 0.188 e. The van der Waals surface area contributed by atoms with Gasteiger partial charge in [0.2, 0.25) is 0 Å². The molecule has 0 aromatic heterocycles. The van der Waals surface area contributed by atoms with Crippen LogP contribution in [0.5, 0.6) is 5.75 Å². The lowest BCUT2D eigenvalue weighted by Crippen LogP contribution is -2.32. The summed E-state index contributed by atoms with van der Waals surface area (Å²) < 4.78 is 5.61. The Hall–Kier alpha value is -0.980. The largest absolute Gasteiger partial charge is 0.494 e. The number of ether oxygens (including phenoxy) is 1. The van der Waals surface area contributed by atoms with Crippen LogP contribution in [0.15, 0.2) is 29.3 Å². The third-order valence-electron chi connectivity index (χ3n) is 2.71. The van der Waals surface area contributed by atoms with Crippen molar-refractivity contribution in [3.63, 3.8) is 0 Å². The molecule has 0 saturated carbocycles. The maximum atomic E-state index is 5.72. The van der Waals surface area contributed by atoms with Crippen LogP contribution in [-0.2, 0) is 0 Å². The number of hydrogen-bond donors (Lipinski definition) is 2. The van der Waals surface area contributed by atoms with Gasteiger partial charge in [-0.25, -0.2) is 0 Å². The summed E-state index contributed by atoms with van der Waals surface area (Å²) in [6.45, 7) is 6.46. The molecule has 0 aliphatic heterocycles.